The van der Waals surface area contributed by atoms with Gasteiger partial charge in [0.1, 0.15) is 0 Å². The Balaban J connectivity index is 0. The molecule has 0 aromatic rings. The molecule has 48 valence electrons. The molecular weight excluding hydrogens is 147 g/mol. The van der Waals surface area contributed by atoms with E-state index in [0.717, 1.165) is 6.42 Å². The van der Waals surface area contributed by atoms with Crippen LogP contribution in [0, 0.1) is 0 Å². The van der Waals surface area contributed by atoms with Crippen molar-refractivity contribution in [1.82, 2.24) is 0 Å². The zero-order chi connectivity index (χ0) is 6.57. The van der Waals surface area contributed by atoms with Gasteiger partial charge in [0, 0.05) is 0 Å². The minimum atomic E-state index is -0.907. The number of aliphatic hydroxyl groups excluding tert-OH is 1. The third-order valence-electron chi connectivity index (χ3n) is 0.834. The van der Waals surface area contributed by atoms with Crippen molar-refractivity contribution in [3.8, 4) is 0 Å². The van der Waals surface area contributed by atoms with Gasteiger partial charge in [0.15, 0.2) is 0 Å². The number of hydrogen-bond acceptors (Lipinski definition) is 3. The third-order valence-corrected chi connectivity index (χ3v) is 1.11. The average Bonchev–Trinajstić information content (AvgIpc) is 1.67. The predicted octanol–water partition coefficient (Wildman–Crippen LogP) is -3.16. The van der Waals surface area contributed by atoms with Gasteiger partial charge >= 0.3 is 29.6 Å². The Morgan fingerprint density at radius 1 is 1.78 bits per heavy atom. The Hall–Kier alpha value is 0.850. The minimum absolute atomic E-state index is 0. The summed E-state index contributed by atoms with van der Waals surface area (Å²) in [7, 11) is 0. The van der Waals surface area contributed by atoms with E-state index in [4.69, 9.17) is 5.11 Å². The molecule has 0 heterocycles. The summed E-state index contributed by atoms with van der Waals surface area (Å²) < 4.78 is 0. The fourth-order valence-corrected chi connectivity index (χ4v) is 0.509. The zero-order valence-corrected chi connectivity index (χ0v) is 8.57. The van der Waals surface area contributed by atoms with Gasteiger partial charge in [-0.15, -0.1) is 0 Å². The van der Waals surface area contributed by atoms with Gasteiger partial charge in [0.05, 0.1) is 6.10 Å². The number of hydrogen-bond donors (Lipinski definition) is 1. The van der Waals surface area contributed by atoms with Crippen molar-refractivity contribution in [1.29, 1.82) is 0 Å². The summed E-state index contributed by atoms with van der Waals surface area (Å²) in [4.78, 5) is 0. The smallest absolute Gasteiger partial charge is 0.866 e. The summed E-state index contributed by atoms with van der Waals surface area (Å²) in [5.74, 6) is 0. The summed E-state index contributed by atoms with van der Waals surface area (Å²) in [5, 5.41) is 18.2. The van der Waals surface area contributed by atoms with Crippen LogP contribution < -0.4 is 34.7 Å². The number of thiocarbonyl (C=S) groups is 1. The topological polar surface area (TPSA) is 43.3 Å². The summed E-state index contributed by atoms with van der Waals surface area (Å²) in [6, 6.07) is 0. The Labute approximate surface area is 82.6 Å². The number of aliphatic hydroxyl groups is 1. The summed E-state index contributed by atoms with van der Waals surface area (Å²) in [6.07, 6.45) is 0.376. The van der Waals surface area contributed by atoms with Gasteiger partial charge in [-0.1, -0.05) is 25.6 Å². The monoisotopic (exact) mass is 156 g/mol. The molecule has 0 aliphatic carbocycles. The normalized spacial score (nSPS) is 11.8. The van der Waals surface area contributed by atoms with E-state index >= 15 is 0 Å². The quantitative estimate of drug-likeness (QED) is 0.346. The van der Waals surface area contributed by atoms with Crippen molar-refractivity contribution in [3.05, 3.63) is 0 Å². The zero-order valence-electron chi connectivity index (χ0n) is 5.76. The van der Waals surface area contributed by atoms with E-state index in [-0.39, 0.29) is 29.6 Å². The van der Waals surface area contributed by atoms with Gasteiger partial charge in [-0.3, -0.25) is 0 Å². The maximum absolute atomic E-state index is 10.1. The molecule has 0 aliphatic rings. The number of rotatable bonds is 3. The van der Waals surface area contributed by atoms with Gasteiger partial charge in [-0.25, -0.2) is 0 Å². The largest absolute Gasteiger partial charge is 1.00 e. The summed E-state index contributed by atoms with van der Waals surface area (Å²) >= 11 is 4.18. The third kappa shape index (κ3) is 6.74. The molecule has 1 N–H and O–H groups in total. The van der Waals surface area contributed by atoms with Gasteiger partial charge in [-0.05, 0) is 11.5 Å². The van der Waals surface area contributed by atoms with Crippen LogP contribution in [0.15, 0.2) is 0 Å². The van der Waals surface area contributed by atoms with Crippen LogP contribution in [0.5, 0.6) is 0 Å². The standard InChI is InChI=1S/C5H10O2S.Na/c1-2-3-4(6)5(7)8;/h4,6H,2-3H2,1H3,(H,7,8);/q;+1/p-1. The molecule has 4 heteroatoms. The van der Waals surface area contributed by atoms with Crippen molar-refractivity contribution in [2.24, 2.45) is 0 Å². The van der Waals surface area contributed by atoms with Crippen molar-refractivity contribution < 1.29 is 39.8 Å². The van der Waals surface area contributed by atoms with E-state index in [1.807, 2.05) is 6.92 Å². The van der Waals surface area contributed by atoms with Crippen LogP contribution in [-0.4, -0.2) is 16.3 Å². The molecule has 0 amide bonds. The average molecular weight is 156 g/mol. The first-order chi connectivity index (χ1) is 3.68. The molecule has 0 aromatic carbocycles. The Kier molecular flexibility index (Phi) is 9.69. The maximum atomic E-state index is 10.1. The molecule has 0 radical (unpaired) electrons. The van der Waals surface area contributed by atoms with Crippen LogP contribution in [0.2, 0.25) is 0 Å². The second-order valence-corrected chi connectivity index (χ2v) is 2.03. The van der Waals surface area contributed by atoms with Gasteiger partial charge in [-0.2, -0.15) is 0 Å². The van der Waals surface area contributed by atoms with E-state index < -0.39 is 11.2 Å². The summed E-state index contributed by atoms with van der Waals surface area (Å²) in [6.45, 7) is 1.89. The van der Waals surface area contributed by atoms with E-state index in [1.54, 1.807) is 0 Å². The first-order valence-electron chi connectivity index (χ1n) is 2.57. The molecule has 1 unspecified atom stereocenters. The molecule has 0 bridgehead atoms. The van der Waals surface area contributed by atoms with Crippen LogP contribution in [0.25, 0.3) is 0 Å². The van der Waals surface area contributed by atoms with E-state index in [9.17, 15) is 5.11 Å². The molecule has 0 rings (SSSR count). The van der Waals surface area contributed by atoms with E-state index in [1.165, 1.54) is 0 Å². The van der Waals surface area contributed by atoms with Crippen LogP contribution in [0.1, 0.15) is 19.8 Å². The fourth-order valence-electron chi connectivity index (χ4n) is 0.391. The SMILES string of the molecule is CCCC(O)C([O-])=S.[Na+]. The molecule has 0 fully saturated rings. The summed E-state index contributed by atoms with van der Waals surface area (Å²) in [5.41, 5.74) is 0. The van der Waals surface area contributed by atoms with Crippen LogP contribution in [-0.2, 0) is 0 Å². The van der Waals surface area contributed by atoms with Crippen molar-refractivity contribution in [2.45, 2.75) is 25.9 Å². The Morgan fingerprint density at radius 3 is 2.33 bits per heavy atom. The van der Waals surface area contributed by atoms with Crippen molar-refractivity contribution >= 4 is 17.3 Å². The maximum Gasteiger partial charge on any atom is 1.00 e. The van der Waals surface area contributed by atoms with Crippen LogP contribution in [0.3, 0.4) is 0 Å². The van der Waals surface area contributed by atoms with Crippen molar-refractivity contribution in [3.63, 3.8) is 0 Å². The molecule has 0 saturated heterocycles. The molecular formula is C5H9NaO2S. The van der Waals surface area contributed by atoms with Crippen LogP contribution in [0.4, 0.5) is 0 Å². The fraction of sp³-hybridized carbons (Fsp3) is 0.800. The van der Waals surface area contributed by atoms with Crippen LogP contribution >= 0.6 is 12.2 Å². The molecule has 0 aromatic heterocycles. The second-order valence-electron chi connectivity index (χ2n) is 1.62. The molecule has 0 saturated carbocycles. The Morgan fingerprint density at radius 2 is 2.22 bits per heavy atom. The first kappa shape index (κ1) is 12.5. The van der Waals surface area contributed by atoms with E-state index in [0.29, 0.717) is 6.42 Å². The van der Waals surface area contributed by atoms with Gasteiger partial charge in [0.25, 0.3) is 0 Å². The van der Waals surface area contributed by atoms with E-state index in [2.05, 4.69) is 12.2 Å². The van der Waals surface area contributed by atoms with Gasteiger partial charge < -0.3 is 10.2 Å². The molecule has 2 nitrogen and oxygen atoms in total. The van der Waals surface area contributed by atoms with Crippen molar-refractivity contribution in [2.75, 3.05) is 0 Å². The minimum Gasteiger partial charge on any atom is -0.866 e. The molecule has 9 heavy (non-hydrogen) atoms. The second kappa shape index (κ2) is 6.96. The predicted molar refractivity (Wildman–Crippen MR) is 33.5 cm³/mol. The molecule has 0 spiro atoms. The first-order valence-corrected chi connectivity index (χ1v) is 2.98. The Bertz CT molecular complexity index is 87.0. The van der Waals surface area contributed by atoms with Gasteiger partial charge in [0.2, 0.25) is 0 Å². The molecule has 0 aliphatic heterocycles. The molecule has 1 atom stereocenters.